The molecule has 1 rings (SSSR count). The van der Waals surface area contributed by atoms with Crippen LogP contribution in [0.25, 0.3) is 0 Å². The molecule has 6 heteroatoms. The average Bonchev–Trinajstić information content (AvgIpc) is 2.42. The lowest BCUT2D eigenvalue weighted by Crippen LogP contribution is -2.40. The molecular formula is C13H18N2O3S. The molecule has 1 aromatic rings. The third-order valence-corrected chi connectivity index (χ3v) is 3.39. The van der Waals surface area contributed by atoms with Gasteiger partial charge in [-0.15, -0.1) is 0 Å². The van der Waals surface area contributed by atoms with Crippen LogP contribution in [0.4, 0.5) is 0 Å². The van der Waals surface area contributed by atoms with Gasteiger partial charge < -0.3 is 16.2 Å². The van der Waals surface area contributed by atoms with Gasteiger partial charge in [0.1, 0.15) is 6.10 Å². The number of primary amides is 1. The zero-order valence-electron chi connectivity index (χ0n) is 10.5. The Morgan fingerprint density at radius 1 is 1.32 bits per heavy atom. The van der Waals surface area contributed by atoms with E-state index in [0.717, 1.165) is 12.2 Å². The van der Waals surface area contributed by atoms with Crippen LogP contribution in [0, 0.1) is 0 Å². The number of hydrogen-bond acceptors (Lipinski definition) is 4. The van der Waals surface area contributed by atoms with Gasteiger partial charge in [0.15, 0.2) is 0 Å². The molecule has 0 heterocycles. The molecule has 0 aromatic heterocycles. The Morgan fingerprint density at radius 2 is 2.00 bits per heavy atom. The largest absolute Gasteiger partial charge is 0.381 e. The molecule has 0 aliphatic rings. The minimum absolute atomic E-state index is 0.132. The summed E-state index contributed by atoms with van der Waals surface area (Å²) in [5.41, 5.74) is 6.10. The molecule has 0 spiro atoms. The monoisotopic (exact) mass is 282 g/mol. The molecular weight excluding hydrogens is 264 g/mol. The summed E-state index contributed by atoms with van der Waals surface area (Å²) in [6, 6.07) is 10.0. The molecule has 0 aliphatic heterocycles. The highest BCUT2D eigenvalue weighted by Crippen LogP contribution is 2.06. The first-order valence-electron chi connectivity index (χ1n) is 5.95. The SMILES string of the molecule is NC(=O)C(O)CNC(=O)CSCCc1ccccc1. The number of carbonyl (C=O) groups excluding carboxylic acids is 2. The fraction of sp³-hybridized carbons (Fsp3) is 0.385. The third kappa shape index (κ3) is 6.83. The summed E-state index contributed by atoms with van der Waals surface area (Å²) >= 11 is 1.51. The molecule has 1 aromatic carbocycles. The molecule has 0 saturated carbocycles. The second-order valence-electron chi connectivity index (χ2n) is 4.01. The van der Waals surface area contributed by atoms with Crippen molar-refractivity contribution in [1.82, 2.24) is 5.32 Å². The maximum atomic E-state index is 11.4. The number of nitrogens with one attached hydrogen (secondary N) is 1. The zero-order chi connectivity index (χ0) is 14.1. The first-order chi connectivity index (χ1) is 9.09. The highest BCUT2D eigenvalue weighted by Gasteiger charge is 2.11. The van der Waals surface area contributed by atoms with Crippen molar-refractivity contribution >= 4 is 23.6 Å². The van der Waals surface area contributed by atoms with E-state index in [1.165, 1.54) is 17.3 Å². The summed E-state index contributed by atoms with van der Waals surface area (Å²) in [4.78, 5) is 21.9. The van der Waals surface area contributed by atoms with Crippen molar-refractivity contribution in [2.24, 2.45) is 5.73 Å². The van der Waals surface area contributed by atoms with Gasteiger partial charge >= 0.3 is 0 Å². The molecule has 1 atom stereocenters. The highest BCUT2D eigenvalue weighted by atomic mass is 32.2. The number of hydrogen-bond donors (Lipinski definition) is 3. The van der Waals surface area contributed by atoms with Crippen molar-refractivity contribution in [1.29, 1.82) is 0 Å². The minimum Gasteiger partial charge on any atom is -0.381 e. The normalized spacial score (nSPS) is 11.8. The number of rotatable bonds is 8. The van der Waals surface area contributed by atoms with Crippen LogP contribution in [-0.2, 0) is 16.0 Å². The molecule has 4 N–H and O–H groups in total. The highest BCUT2D eigenvalue weighted by molar-refractivity contribution is 7.99. The van der Waals surface area contributed by atoms with Crippen LogP contribution in [-0.4, -0.2) is 41.1 Å². The molecule has 0 bridgehead atoms. The summed E-state index contributed by atoms with van der Waals surface area (Å²) in [5.74, 6) is 0.101. The fourth-order valence-electron chi connectivity index (χ4n) is 1.36. The van der Waals surface area contributed by atoms with Gasteiger partial charge in [0, 0.05) is 0 Å². The Balaban J connectivity index is 2.09. The fourth-order valence-corrected chi connectivity index (χ4v) is 2.17. The quantitative estimate of drug-likeness (QED) is 0.582. The number of thioether (sulfide) groups is 1. The van der Waals surface area contributed by atoms with Crippen LogP contribution in [0.3, 0.4) is 0 Å². The molecule has 19 heavy (non-hydrogen) atoms. The standard InChI is InChI=1S/C13H18N2O3S/c14-13(18)11(16)8-15-12(17)9-19-7-6-10-4-2-1-3-5-10/h1-5,11,16H,6-9H2,(H2,14,18)(H,15,17). The van der Waals surface area contributed by atoms with E-state index in [-0.39, 0.29) is 12.5 Å². The van der Waals surface area contributed by atoms with Gasteiger partial charge in [-0.2, -0.15) is 11.8 Å². The molecule has 0 radical (unpaired) electrons. The number of aliphatic hydroxyl groups excluding tert-OH is 1. The van der Waals surface area contributed by atoms with Crippen molar-refractivity contribution in [3.8, 4) is 0 Å². The smallest absolute Gasteiger partial charge is 0.248 e. The van der Waals surface area contributed by atoms with Crippen LogP contribution in [0.5, 0.6) is 0 Å². The Bertz CT molecular complexity index is 412. The molecule has 0 aliphatic carbocycles. The van der Waals surface area contributed by atoms with Crippen LogP contribution in [0.2, 0.25) is 0 Å². The van der Waals surface area contributed by atoms with Crippen molar-refractivity contribution in [2.75, 3.05) is 18.1 Å². The topological polar surface area (TPSA) is 92.4 Å². The lowest BCUT2D eigenvalue weighted by atomic mass is 10.2. The van der Waals surface area contributed by atoms with Crippen LogP contribution < -0.4 is 11.1 Å². The first kappa shape index (κ1) is 15.5. The molecule has 104 valence electrons. The van der Waals surface area contributed by atoms with E-state index in [2.05, 4.69) is 5.32 Å². The second kappa shape index (κ2) is 8.55. The first-order valence-corrected chi connectivity index (χ1v) is 7.11. The van der Waals surface area contributed by atoms with E-state index >= 15 is 0 Å². The number of amides is 2. The molecule has 5 nitrogen and oxygen atoms in total. The van der Waals surface area contributed by atoms with Crippen molar-refractivity contribution in [3.05, 3.63) is 35.9 Å². The number of nitrogens with two attached hydrogens (primary N) is 1. The molecule has 1 unspecified atom stereocenters. The van der Waals surface area contributed by atoms with Gasteiger partial charge in [-0.25, -0.2) is 0 Å². The maximum absolute atomic E-state index is 11.4. The van der Waals surface area contributed by atoms with Crippen LogP contribution >= 0.6 is 11.8 Å². The Morgan fingerprint density at radius 3 is 2.63 bits per heavy atom. The molecule has 0 saturated heterocycles. The van der Waals surface area contributed by atoms with E-state index in [9.17, 15) is 9.59 Å². The van der Waals surface area contributed by atoms with Gasteiger partial charge in [0.2, 0.25) is 11.8 Å². The number of aliphatic hydroxyl groups is 1. The lowest BCUT2D eigenvalue weighted by Gasteiger charge is -2.08. The average molecular weight is 282 g/mol. The van der Waals surface area contributed by atoms with E-state index < -0.39 is 12.0 Å². The zero-order valence-corrected chi connectivity index (χ0v) is 11.4. The number of aryl methyl sites for hydroxylation is 1. The summed E-state index contributed by atoms with van der Waals surface area (Å²) < 4.78 is 0. The molecule has 2 amide bonds. The van der Waals surface area contributed by atoms with Crippen LogP contribution in [0.1, 0.15) is 5.56 Å². The number of benzene rings is 1. The lowest BCUT2D eigenvalue weighted by molar-refractivity contribution is -0.126. The summed E-state index contributed by atoms with van der Waals surface area (Å²) in [5, 5.41) is 11.6. The Labute approximate surface area is 116 Å². The summed E-state index contributed by atoms with van der Waals surface area (Å²) in [6.07, 6.45) is -0.416. The summed E-state index contributed by atoms with van der Waals surface area (Å²) in [7, 11) is 0. The number of carbonyl (C=O) groups is 2. The maximum Gasteiger partial charge on any atom is 0.248 e. The van der Waals surface area contributed by atoms with Crippen molar-refractivity contribution < 1.29 is 14.7 Å². The predicted molar refractivity (Wildman–Crippen MR) is 75.7 cm³/mol. The molecule has 0 fully saturated rings. The van der Waals surface area contributed by atoms with Crippen molar-refractivity contribution in [3.63, 3.8) is 0 Å². The van der Waals surface area contributed by atoms with Gasteiger partial charge in [-0.1, -0.05) is 30.3 Å². The Hall–Kier alpha value is -1.53. The summed E-state index contributed by atoms with van der Waals surface area (Å²) in [6.45, 7) is -0.132. The third-order valence-electron chi connectivity index (χ3n) is 2.43. The minimum atomic E-state index is -1.32. The van der Waals surface area contributed by atoms with Crippen molar-refractivity contribution in [2.45, 2.75) is 12.5 Å². The second-order valence-corrected chi connectivity index (χ2v) is 5.12. The van der Waals surface area contributed by atoms with Gasteiger partial charge in [0.05, 0.1) is 12.3 Å². The van der Waals surface area contributed by atoms with E-state index in [1.807, 2.05) is 30.3 Å². The predicted octanol–water partition coefficient (Wildman–Crippen LogP) is -0.0753. The Kier molecular flexibility index (Phi) is 6.99. The van der Waals surface area contributed by atoms with Gasteiger partial charge in [0.25, 0.3) is 0 Å². The van der Waals surface area contributed by atoms with Crippen LogP contribution in [0.15, 0.2) is 30.3 Å². The van der Waals surface area contributed by atoms with E-state index in [1.54, 1.807) is 0 Å². The van der Waals surface area contributed by atoms with Gasteiger partial charge in [-0.3, -0.25) is 9.59 Å². The van der Waals surface area contributed by atoms with Gasteiger partial charge in [-0.05, 0) is 17.7 Å². The van der Waals surface area contributed by atoms with E-state index in [4.69, 9.17) is 10.8 Å². The van der Waals surface area contributed by atoms with E-state index in [0.29, 0.717) is 5.75 Å².